The van der Waals surface area contributed by atoms with E-state index in [1.165, 1.54) is 0 Å². The number of nitrogens with one attached hydrogen (secondary N) is 2. The molecule has 1 saturated heterocycles. The van der Waals surface area contributed by atoms with Crippen LogP contribution in [0, 0.1) is 21.7 Å². The quantitative estimate of drug-likeness (QED) is 0.639. The molecule has 112 valence electrons. The summed E-state index contributed by atoms with van der Waals surface area (Å²) in [5.74, 6) is -3.96. The predicted octanol–water partition coefficient (Wildman–Crippen LogP) is 0.881. The Labute approximate surface area is 117 Å². The van der Waals surface area contributed by atoms with E-state index in [1.807, 2.05) is 0 Å². The van der Waals surface area contributed by atoms with E-state index >= 15 is 0 Å². The van der Waals surface area contributed by atoms with Crippen molar-refractivity contribution < 1.29 is 23.3 Å². The van der Waals surface area contributed by atoms with Gasteiger partial charge in [-0.1, -0.05) is 0 Å². The predicted molar refractivity (Wildman–Crippen MR) is 66.5 cm³/mol. The fraction of sp³-hybridized carbons (Fsp3) is 0.333. The zero-order chi connectivity index (χ0) is 15.6. The third-order valence-electron chi connectivity index (χ3n) is 3.10. The maximum Gasteiger partial charge on any atom is 0.305 e. The molecule has 0 aromatic heterocycles. The van der Waals surface area contributed by atoms with E-state index < -0.39 is 39.8 Å². The van der Waals surface area contributed by atoms with Crippen molar-refractivity contribution in [3.8, 4) is 0 Å². The molecule has 1 unspecified atom stereocenters. The number of carbonyl (C=O) groups is 2. The molecule has 1 aromatic rings. The van der Waals surface area contributed by atoms with Gasteiger partial charge in [0.25, 0.3) is 5.91 Å². The fourth-order valence-electron chi connectivity index (χ4n) is 2.00. The molecular weight excluding hydrogens is 288 g/mol. The molecule has 2 amide bonds. The highest BCUT2D eigenvalue weighted by atomic mass is 19.1. The third-order valence-corrected chi connectivity index (χ3v) is 3.10. The first kappa shape index (κ1) is 14.8. The first-order valence-corrected chi connectivity index (χ1v) is 6.10. The lowest BCUT2D eigenvalue weighted by atomic mass is 10.1. The zero-order valence-electron chi connectivity index (χ0n) is 10.7. The summed E-state index contributed by atoms with van der Waals surface area (Å²) in [4.78, 5) is 32.4. The summed E-state index contributed by atoms with van der Waals surface area (Å²) in [6.07, 6.45) is 0.514. The summed E-state index contributed by atoms with van der Waals surface area (Å²) < 4.78 is 27.4. The molecule has 0 aliphatic carbocycles. The van der Waals surface area contributed by atoms with Crippen molar-refractivity contribution in [3.05, 3.63) is 39.4 Å². The van der Waals surface area contributed by atoms with E-state index in [-0.39, 0.29) is 18.9 Å². The average molecular weight is 299 g/mol. The highest BCUT2D eigenvalue weighted by Gasteiger charge is 2.28. The molecule has 0 saturated carbocycles. The number of rotatable bonds is 3. The second-order valence-electron chi connectivity index (χ2n) is 4.53. The minimum absolute atomic E-state index is 0.142. The molecule has 1 aromatic carbocycles. The van der Waals surface area contributed by atoms with Gasteiger partial charge < -0.3 is 10.6 Å². The van der Waals surface area contributed by atoms with Crippen molar-refractivity contribution in [2.24, 2.45) is 0 Å². The Morgan fingerprint density at radius 2 is 2.14 bits per heavy atom. The monoisotopic (exact) mass is 299 g/mol. The average Bonchev–Trinajstić information content (AvgIpc) is 2.41. The highest BCUT2D eigenvalue weighted by Crippen LogP contribution is 2.23. The van der Waals surface area contributed by atoms with E-state index in [4.69, 9.17) is 0 Å². The number of nitro groups is 1. The van der Waals surface area contributed by atoms with E-state index in [1.54, 1.807) is 0 Å². The van der Waals surface area contributed by atoms with Crippen LogP contribution >= 0.6 is 0 Å². The van der Waals surface area contributed by atoms with Crippen molar-refractivity contribution in [3.63, 3.8) is 0 Å². The molecule has 0 spiro atoms. The van der Waals surface area contributed by atoms with Crippen molar-refractivity contribution in [1.29, 1.82) is 0 Å². The van der Waals surface area contributed by atoms with Crippen LogP contribution in [0.5, 0.6) is 0 Å². The molecule has 2 N–H and O–H groups in total. The van der Waals surface area contributed by atoms with Gasteiger partial charge in [-0.05, 0) is 12.5 Å². The standard InChI is InChI=1S/C12H11F2N3O4/c13-7-2-3-8(17(20)21)11(14)10(7)12(19)16-6-1-4-9(18)15-5-6/h2-3,6H,1,4-5H2,(H,15,18)(H,16,19). The van der Waals surface area contributed by atoms with Gasteiger partial charge >= 0.3 is 5.69 Å². The first-order valence-electron chi connectivity index (χ1n) is 6.10. The van der Waals surface area contributed by atoms with E-state index in [9.17, 15) is 28.5 Å². The van der Waals surface area contributed by atoms with Gasteiger partial charge in [0, 0.05) is 25.1 Å². The highest BCUT2D eigenvalue weighted by molar-refractivity contribution is 5.95. The molecule has 7 nitrogen and oxygen atoms in total. The Morgan fingerprint density at radius 1 is 1.43 bits per heavy atom. The minimum Gasteiger partial charge on any atom is -0.354 e. The number of nitro benzene ring substituents is 1. The van der Waals surface area contributed by atoms with E-state index in [0.29, 0.717) is 18.6 Å². The van der Waals surface area contributed by atoms with Crippen LogP contribution in [0.25, 0.3) is 0 Å². The number of halogens is 2. The Bertz CT molecular complexity index is 611. The number of amides is 2. The molecule has 0 radical (unpaired) electrons. The Kier molecular flexibility index (Phi) is 4.10. The van der Waals surface area contributed by atoms with E-state index in [0.717, 1.165) is 0 Å². The molecule has 1 aliphatic heterocycles. The molecule has 0 bridgehead atoms. The normalized spacial score (nSPS) is 18.0. The maximum atomic E-state index is 13.8. The number of nitrogens with zero attached hydrogens (tertiary/aromatic N) is 1. The molecule has 1 aliphatic rings. The van der Waals surface area contributed by atoms with Crippen molar-refractivity contribution in [2.75, 3.05) is 6.54 Å². The van der Waals surface area contributed by atoms with Gasteiger partial charge in [-0.15, -0.1) is 0 Å². The van der Waals surface area contributed by atoms with Crippen LogP contribution in [-0.2, 0) is 4.79 Å². The SMILES string of the molecule is O=C1CCC(NC(=O)c2c(F)ccc([N+](=O)[O-])c2F)CN1. The fourth-order valence-corrected chi connectivity index (χ4v) is 2.00. The second-order valence-corrected chi connectivity index (χ2v) is 4.53. The first-order chi connectivity index (χ1) is 9.90. The number of hydrogen-bond acceptors (Lipinski definition) is 4. The van der Waals surface area contributed by atoms with Gasteiger partial charge in [-0.3, -0.25) is 19.7 Å². The van der Waals surface area contributed by atoms with Gasteiger partial charge in [-0.25, -0.2) is 4.39 Å². The summed E-state index contributed by atoms with van der Waals surface area (Å²) in [6, 6.07) is 0.842. The van der Waals surface area contributed by atoms with Crippen molar-refractivity contribution in [1.82, 2.24) is 10.6 Å². The van der Waals surface area contributed by atoms with Crippen LogP contribution < -0.4 is 10.6 Å². The topological polar surface area (TPSA) is 101 Å². The van der Waals surface area contributed by atoms with Gasteiger partial charge in [-0.2, -0.15) is 4.39 Å². The van der Waals surface area contributed by atoms with Crippen LogP contribution in [0.1, 0.15) is 23.2 Å². The Hall–Kier alpha value is -2.58. The summed E-state index contributed by atoms with van der Waals surface area (Å²) in [5.41, 5.74) is -1.97. The van der Waals surface area contributed by atoms with Gasteiger partial charge in [0.05, 0.1) is 4.92 Å². The van der Waals surface area contributed by atoms with Crippen LogP contribution in [0.15, 0.2) is 12.1 Å². The van der Waals surface area contributed by atoms with Crippen molar-refractivity contribution in [2.45, 2.75) is 18.9 Å². The number of carbonyl (C=O) groups excluding carboxylic acids is 2. The summed E-state index contributed by atoms with van der Waals surface area (Å²) in [7, 11) is 0. The molecule has 1 heterocycles. The van der Waals surface area contributed by atoms with Crippen LogP contribution in [-0.4, -0.2) is 29.3 Å². The van der Waals surface area contributed by atoms with Gasteiger partial charge in [0.1, 0.15) is 11.4 Å². The number of piperidine rings is 1. The van der Waals surface area contributed by atoms with Gasteiger partial charge in [0.15, 0.2) is 0 Å². The lowest BCUT2D eigenvalue weighted by molar-refractivity contribution is -0.387. The van der Waals surface area contributed by atoms with Crippen LogP contribution in [0.2, 0.25) is 0 Å². The summed E-state index contributed by atoms with van der Waals surface area (Å²) in [6.45, 7) is 0.142. The lowest BCUT2D eigenvalue weighted by Crippen LogP contribution is -2.48. The molecule has 1 atom stereocenters. The number of benzene rings is 1. The second kappa shape index (κ2) is 5.81. The largest absolute Gasteiger partial charge is 0.354 e. The zero-order valence-corrected chi connectivity index (χ0v) is 10.7. The van der Waals surface area contributed by atoms with Crippen LogP contribution in [0.3, 0.4) is 0 Å². The molecule has 9 heteroatoms. The molecule has 21 heavy (non-hydrogen) atoms. The molecule has 1 fully saturated rings. The Morgan fingerprint density at radius 3 is 2.71 bits per heavy atom. The smallest absolute Gasteiger partial charge is 0.305 e. The third kappa shape index (κ3) is 3.12. The molecular formula is C12H11F2N3O4. The summed E-state index contributed by atoms with van der Waals surface area (Å²) >= 11 is 0. The lowest BCUT2D eigenvalue weighted by Gasteiger charge is -2.23. The maximum absolute atomic E-state index is 13.8. The summed E-state index contributed by atoms with van der Waals surface area (Å²) in [5, 5.41) is 15.4. The van der Waals surface area contributed by atoms with Crippen molar-refractivity contribution >= 4 is 17.5 Å². The number of hydrogen-bond donors (Lipinski definition) is 2. The minimum atomic E-state index is -1.52. The van der Waals surface area contributed by atoms with Gasteiger partial charge in [0.2, 0.25) is 11.7 Å². The Balaban J connectivity index is 2.21. The van der Waals surface area contributed by atoms with Crippen LogP contribution in [0.4, 0.5) is 14.5 Å². The molecule has 2 rings (SSSR count). The van der Waals surface area contributed by atoms with E-state index in [2.05, 4.69) is 10.6 Å².